The Kier molecular flexibility index (Phi) is 12.0. The van der Waals surface area contributed by atoms with E-state index in [1.165, 1.54) is 63.3 Å². The highest BCUT2D eigenvalue weighted by atomic mass is 32.2. The van der Waals surface area contributed by atoms with Crippen molar-refractivity contribution in [2.45, 2.75) is 49.8 Å². The molecule has 2 aromatic carbocycles. The summed E-state index contributed by atoms with van der Waals surface area (Å²) in [6.07, 6.45) is 13.6. The van der Waals surface area contributed by atoms with Gasteiger partial charge in [0.1, 0.15) is 13.1 Å². The zero-order valence-corrected chi connectivity index (χ0v) is 28.9. The van der Waals surface area contributed by atoms with Gasteiger partial charge in [-0.25, -0.2) is 16.8 Å². The lowest BCUT2D eigenvalue weighted by molar-refractivity contribution is -0.687. The molecule has 274 valence electrons. The molecule has 0 aliphatic carbocycles. The summed E-state index contributed by atoms with van der Waals surface area (Å²) in [6, 6.07) is 24.8. The van der Waals surface area contributed by atoms with E-state index in [1.54, 1.807) is 0 Å². The average Bonchev–Trinajstić information content (AvgIpc) is 3.34. The molecule has 0 fully saturated rings. The lowest BCUT2D eigenvalue weighted by Crippen LogP contribution is -2.36. The number of anilines is 1. The van der Waals surface area contributed by atoms with Crippen LogP contribution in [0.3, 0.4) is 0 Å². The van der Waals surface area contributed by atoms with Crippen molar-refractivity contribution < 1.29 is 61.4 Å². The number of pyridine rings is 2. The molecule has 2 aliphatic heterocycles. The van der Waals surface area contributed by atoms with Crippen LogP contribution in [-0.2, 0) is 46.2 Å². The molecule has 17 heteroatoms. The number of alkyl halides is 6. The Balaban J connectivity index is 0.000000305. The SMILES string of the molecule is CN(C)c1ccc(/C=C/c2cc[n+]3c(c2)-c2c(ccc4c2-c2cccc[n+]2CCC4)CCC3)cc1.O=S(=O)([O-])C(F)(F)F.O=S(=O)([O-])C(F)(F)F. The highest BCUT2D eigenvalue weighted by Gasteiger charge is 2.37. The van der Waals surface area contributed by atoms with Crippen LogP contribution in [0.5, 0.6) is 0 Å². The molecule has 0 spiro atoms. The Labute approximate surface area is 291 Å². The Morgan fingerprint density at radius 1 is 0.647 bits per heavy atom. The first-order valence-electron chi connectivity index (χ1n) is 15.3. The van der Waals surface area contributed by atoms with Crippen LogP contribution in [0.15, 0.2) is 79.1 Å². The summed E-state index contributed by atoms with van der Waals surface area (Å²) in [6.45, 7) is 2.14. The summed E-state index contributed by atoms with van der Waals surface area (Å²) >= 11 is 0. The van der Waals surface area contributed by atoms with E-state index in [-0.39, 0.29) is 0 Å². The topological polar surface area (TPSA) is 125 Å². The van der Waals surface area contributed by atoms with Crippen molar-refractivity contribution >= 4 is 38.1 Å². The largest absolute Gasteiger partial charge is 0.741 e. The maximum atomic E-state index is 10.7. The maximum absolute atomic E-state index is 10.7. The Hall–Kier alpha value is -4.32. The number of benzene rings is 2. The van der Waals surface area contributed by atoms with Crippen LogP contribution in [0.4, 0.5) is 32.0 Å². The first-order chi connectivity index (χ1) is 23.7. The zero-order valence-electron chi connectivity index (χ0n) is 27.3. The first kappa shape index (κ1) is 39.5. The van der Waals surface area contributed by atoms with Gasteiger partial charge in [0.05, 0.1) is 11.1 Å². The van der Waals surface area contributed by atoms with E-state index >= 15 is 0 Å². The molecule has 0 saturated carbocycles. The Morgan fingerprint density at radius 3 is 1.61 bits per heavy atom. The van der Waals surface area contributed by atoms with Crippen LogP contribution >= 0.6 is 0 Å². The van der Waals surface area contributed by atoms with Crippen LogP contribution in [0.2, 0.25) is 0 Å². The minimum Gasteiger partial charge on any atom is -0.741 e. The lowest BCUT2D eigenvalue weighted by atomic mass is 9.88. The smallest absolute Gasteiger partial charge is 0.485 e. The van der Waals surface area contributed by atoms with Gasteiger partial charge in [-0.2, -0.15) is 35.5 Å². The van der Waals surface area contributed by atoms with Gasteiger partial charge in [-0.05, 0) is 53.3 Å². The standard InChI is InChI=1S/C32H33N3.2CHF3O3S/c1-33(2)28-16-12-24(13-17-28)10-11-25-18-22-35-21-6-8-27-15-14-26-7-5-20-34-19-4-3-9-29(34)31(26)32(27)30(35)23-25;2*2-1(3,4)8(5,6)7/h3-4,9-19,22-23H,5-8,20-21H2,1-2H3;2*(H,5,6,7)/q+2;;/p-2. The summed E-state index contributed by atoms with van der Waals surface area (Å²) in [5.74, 6) is 0. The van der Waals surface area contributed by atoms with Gasteiger partial charge < -0.3 is 14.0 Å². The first-order valence-corrected chi connectivity index (χ1v) is 18.2. The second-order valence-corrected chi connectivity index (χ2v) is 14.5. The van der Waals surface area contributed by atoms with Crippen LogP contribution in [0.25, 0.3) is 34.7 Å². The Bertz CT molecular complexity index is 2080. The summed E-state index contributed by atoms with van der Waals surface area (Å²) in [7, 11) is -8.03. The third-order valence-corrected chi connectivity index (χ3v) is 9.16. The monoisotopic (exact) mass is 757 g/mol. The molecule has 2 aliphatic rings. The zero-order chi connectivity index (χ0) is 37.8. The molecule has 2 aromatic heterocycles. The van der Waals surface area contributed by atoms with Crippen LogP contribution in [0.1, 0.15) is 35.1 Å². The number of rotatable bonds is 3. The normalized spacial score (nSPS) is 14.2. The molecule has 0 amide bonds. The minimum atomic E-state index is -6.09. The van der Waals surface area contributed by atoms with E-state index < -0.39 is 31.3 Å². The predicted molar refractivity (Wildman–Crippen MR) is 176 cm³/mol. The number of nitrogens with zero attached hydrogens (tertiary/aromatic N) is 3. The molecule has 0 bridgehead atoms. The molecule has 9 nitrogen and oxygen atoms in total. The van der Waals surface area contributed by atoms with Crippen molar-refractivity contribution in [1.29, 1.82) is 0 Å². The van der Waals surface area contributed by atoms with Crippen LogP contribution in [0, 0.1) is 0 Å². The van der Waals surface area contributed by atoms with Crippen molar-refractivity contribution in [1.82, 2.24) is 0 Å². The summed E-state index contributed by atoms with van der Waals surface area (Å²) in [4.78, 5) is 2.13. The highest BCUT2D eigenvalue weighted by Crippen LogP contribution is 2.39. The molecular weight excluding hydrogens is 725 g/mol. The third-order valence-electron chi connectivity index (χ3n) is 8.03. The average molecular weight is 758 g/mol. The Morgan fingerprint density at radius 2 is 1.12 bits per heavy atom. The second-order valence-electron chi connectivity index (χ2n) is 11.8. The molecule has 0 radical (unpaired) electrons. The van der Waals surface area contributed by atoms with Crippen molar-refractivity contribution in [3.8, 4) is 22.5 Å². The number of hydrogen-bond acceptors (Lipinski definition) is 7. The number of fused-ring (bicyclic) bond motifs is 7. The molecule has 6 rings (SSSR count). The molecule has 4 heterocycles. The fraction of sp³-hybridized carbons (Fsp3) is 0.294. The van der Waals surface area contributed by atoms with Gasteiger partial charge in [-0.3, -0.25) is 0 Å². The third kappa shape index (κ3) is 9.93. The van der Waals surface area contributed by atoms with Crippen molar-refractivity contribution in [3.63, 3.8) is 0 Å². The van der Waals surface area contributed by atoms with Gasteiger partial charge in [0, 0.05) is 56.9 Å². The van der Waals surface area contributed by atoms with Gasteiger partial charge >= 0.3 is 11.0 Å². The van der Waals surface area contributed by atoms with Gasteiger partial charge in [-0.15, -0.1) is 0 Å². The van der Waals surface area contributed by atoms with Crippen molar-refractivity contribution in [2.24, 2.45) is 0 Å². The molecule has 4 aromatic rings. The van der Waals surface area contributed by atoms with E-state index in [4.69, 9.17) is 25.9 Å². The molecule has 0 atom stereocenters. The van der Waals surface area contributed by atoms with Gasteiger partial charge in [0.15, 0.2) is 32.6 Å². The molecule has 51 heavy (non-hydrogen) atoms. The van der Waals surface area contributed by atoms with Crippen LogP contribution < -0.4 is 14.0 Å². The molecule has 0 unspecified atom stereocenters. The van der Waals surface area contributed by atoms with Crippen LogP contribution in [-0.4, -0.2) is 51.1 Å². The lowest BCUT2D eigenvalue weighted by Gasteiger charge is -2.13. The number of aryl methyl sites for hydroxylation is 4. The fourth-order valence-corrected chi connectivity index (χ4v) is 5.60. The summed E-state index contributed by atoms with van der Waals surface area (Å²) < 4.78 is 123. The minimum absolute atomic E-state index is 1.06. The fourth-order valence-electron chi connectivity index (χ4n) is 5.60. The second kappa shape index (κ2) is 15.5. The molecule has 0 saturated heterocycles. The summed E-state index contributed by atoms with van der Waals surface area (Å²) in [5.41, 5.74) is 0.933. The van der Waals surface area contributed by atoms with E-state index in [0.29, 0.717) is 0 Å². The van der Waals surface area contributed by atoms with Gasteiger partial charge in [0.2, 0.25) is 11.4 Å². The quantitative estimate of drug-likeness (QED) is 0.112. The number of halogens is 6. The molecular formula is C34H33F6N3O6S2. The van der Waals surface area contributed by atoms with Gasteiger partial charge in [-0.1, -0.05) is 36.4 Å². The predicted octanol–water partition coefficient (Wildman–Crippen LogP) is 5.83. The van der Waals surface area contributed by atoms with E-state index in [9.17, 15) is 26.3 Å². The van der Waals surface area contributed by atoms with Crippen molar-refractivity contribution in [3.05, 3.63) is 101 Å². The maximum Gasteiger partial charge on any atom is 0.485 e. The van der Waals surface area contributed by atoms with E-state index in [1.807, 2.05) is 0 Å². The van der Waals surface area contributed by atoms with E-state index in [0.717, 1.165) is 25.9 Å². The van der Waals surface area contributed by atoms with Gasteiger partial charge in [0.25, 0.3) is 0 Å². The highest BCUT2D eigenvalue weighted by molar-refractivity contribution is 7.86. The number of hydrogen-bond donors (Lipinski definition) is 0. The van der Waals surface area contributed by atoms with Crippen molar-refractivity contribution in [2.75, 3.05) is 19.0 Å². The molecule has 0 N–H and O–H groups in total. The number of aromatic nitrogens is 2. The summed E-state index contributed by atoms with van der Waals surface area (Å²) in [5, 5.41) is 0. The van der Waals surface area contributed by atoms with E-state index in [2.05, 4.69) is 119 Å².